The number of amides is 2. The minimum atomic E-state index is -0.353. The van der Waals surface area contributed by atoms with E-state index in [1.165, 1.54) is 0 Å². The van der Waals surface area contributed by atoms with E-state index < -0.39 is 0 Å². The Morgan fingerprint density at radius 1 is 1.23 bits per heavy atom. The van der Waals surface area contributed by atoms with E-state index in [4.69, 9.17) is 0 Å². The number of carbonyl (C=O) groups is 2. The molecular formula is C16H16BrN3O2. The van der Waals surface area contributed by atoms with Crippen LogP contribution in [0.25, 0.3) is 0 Å². The Kier molecular flexibility index (Phi) is 5.66. The van der Waals surface area contributed by atoms with Crippen LogP contribution in [0.3, 0.4) is 0 Å². The zero-order valence-corrected chi connectivity index (χ0v) is 13.7. The molecule has 0 fully saturated rings. The molecule has 0 saturated carbocycles. The number of hydrogen-bond acceptors (Lipinski definition) is 3. The maximum Gasteiger partial charge on any atom is 0.233 e. The first kappa shape index (κ1) is 16.2. The summed E-state index contributed by atoms with van der Waals surface area (Å²) in [7, 11) is 0. The lowest BCUT2D eigenvalue weighted by Gasteiger charge is -2.08. The van der Waals surface area contributed by atoms with Crippen molar-refractivity contribution >= 4 is 33.4 Å². The summed E-state index contributed by atoms with van der Waals surface area (Å²) in [4.78, 5) is 27.6. The molecule has 0 bridgehead atoms. The van der Waals surface area contributed by atoms with Crippen LogP contribution in [0.1, 0.15) is 17.5 Å². The van der Waals surface area contributed by atoms with Gasteiger partial charge in [0.1, 0.15) is 6.42 Å². The lowest BCUT2D eigenvalue weighted by Crippen LogP contribution is -2.27. The molecule has 0 saturated heterocycles. The molecule has 2 N–H and O–H groups in total. The molecule has 22 heavy (non-hydrogen) atoms. The lowest BCUT2D eigenvalue weighted by atomic mass is 10.2. The molecule has 1 aromatic carbocycles. The van der Waals surface area contributed by atoms with E-state index in [0.29, 0.717) is 12.2 Å². The van der Waals surface area contributed by atoms with Crippen molar-refractivity contribution in [3.8, 4) is 0 Å². The molecule has 0 aliphatic heterocycles. The number of aryl methyl sites for hydroxylation is 1. The number of nitrogens with one attached hydrogen (secondary N) is 2. The van der Waals surface area contributed by atoms with Crippen LogP contribution in [0.4, 0.5) is 5.69 Å². The Morgan fingerprint density at radius 3 is 2.73 bits per heavy atom. The van der Waals surface area contributed by atoms with Crippen LogP contribution in [-0.4, -0.2) is 16.8 Å². The first-order valence-corrected chi connectivity index (χ1v) is 7.55. The van der Waals surface area contributed by atoms with Crippen molar-refractivity contribution < 1.29 is 9.59 Å². The summed E-state index contributed by atoms with van der Waals surface area (Å²) < 4.78 is 0.789. The first-order valence-electron chi connectivity index (χ1n) is 6.76. The molecule has 6 heteroatoms. The number of nitrogens with zero attached hydrogens (tertiary/aromatic N) is 1. The summed E-state index contributed by atoms with van der Waals surface area (Å²) in [5.74, 6) is -0.683. The monoisotopic (exact) mass is 361 g/mol. The molecule has 0 unspecified atom stereocenters. The van der Waals surface area contributed by atoms with Gasteiger partial charge in [-0.25, -0.2) is 0 Å². The van der Waals surface area contributed by atoms with E-state index >= 15 is 0 Å². The Hall–Kier alpha value is -2.21. The van der Waals surface area contributed by atoms with E-state index in [9.17, 15) is 9.59 Å². The fraction of sp³-hybridized carbons (Fsp3) is 0.188. The van der Waals surface area contributed by atoms with Crippen molar-refractivity contribution in [2.45, 2.75) is 19.9 Å². The number of halogens is 1. The predicted octanol–water partition coefficient (Wildman–Crippen LogP) is 2.80. The van der Waals surface area contributed by atoms with Gasteiger partial charge in [0.15, 0.2) is 0 Å². The molecule has 114 valence electrons. The second-order valence-corrected chi connectivity index (χ2v) is 5.70. The van der Waals surface area contributed by atoms with E-state index in [2.05, 4.69) is 31.5 Å². The number of pyridine rings is 1. The molecule has 0 aliphatic carbocycles. The smallest absolute Gasteiger partial charge is 0.233 e. The molecule has 1 heterocycles. The van der Waals surface area contributed by atoms with Gasteiger partial charge in [0.2, 0.25) is 11.8 Å². The van der Waals surface area contributed by atoms with Gasteiger partial charge in [-0.1, -0.05) is 12.1 Å². The number of anilines is 1. The van der Waals surface area contributed by atoms with Crippen LogP contribution in [0.5, 0.6) is 0 Å². The molecule has 5 nitrogen and oxygen atoms in total. The highest BCUT2D eigenvalue weighted by Crippen LogP contribution is 2.23. The quantitative estimate of drug-likeness (QED) is 0.804. The third-order valence-electron chi connectivity index (χ3n) is 2.93. The zero-order valence-electron chi connectivity index (χ0n) is 12.1. The van der Waals surface area contributed by atoms with Crippen LogP contribution in [0, 0.1) is 6.92 Å². The summed E-state index contributed by atoms with van der Waals surface area (Å²) in [6, 6.07) is 9.24. The third kappa shape index (κ3) is 4.96. The Balaban J connectivity index is 1.82. The van der Waals surface area contributed by atoms with Crippen LogP contribution in [-0.2, 0) is 16.1 Å². The maximum atomic E-state index is 11.9. The normalized spacial score (nSPS) is 10.1. The zero-order chi connectivity index (χ0) is 15.9. The highest BCUT2D eigenvalue weighted by molar-refractivity contribution is 9.10. The van der Waals surface area contributed by atoms with E-state index in [-0.39, 0.29) is 18.2 Å². The second-order valence-electron chi connectivity index (χ2n) is 4.85. The number of hydrogen-bond donors (Lipinski definition) is 2. The Bertz CT molecular complexity index is 674. The predicted molar refractivity (Wildman–Crippen MR) is 88.2 cm³/mol. The average molecular weight is 362 g/mol. The molecule has 1 aromatic heterocycles. The number of benzene rings is 1. The molecule has 2 rings (SSSR count). The van der Waals surface area contributed by atoms with Crippen molar-refractivity contribution in [2.75, 3.05) is 5.32 Å². The topological polar surface area (TPSA) is 71.1 Å². The number of aromatic nitrogens is 1. The fourth-order valence-corrected chi connectivity index (χ4v) is 2.42. The van der Waals surface area contributed by atoms with Crippen molar-refractivity contribution in [3.05, 3.63) is 58.3 Å². The SMILES string of the molecule is Cc1ccc(NC(=O)CC(=O)NCc2cccnc2)c(Br)c1. The van der Waals surface area contributed by atoms with Crippen molar-refractivity contribution in [3.63, 3.8) is 0 Å². The Labute approximate surface area is 137 Å². The van der Waals surface area contributed by atoms with Gasteiger partial charge in [0.25, 0.3) is 0 Å². The highest BCUT2D eigenvalue weighted by atomic mass is 79.9. The van der Waals surface area contributed by atoms with Crippen LogP contribution >= 0.6 is 15.9 Å². The van der Waals surface area contributed by atoms with E-state index in [1.54, 1.807) is 24.5 Å². The van der Waals surface area contributed by atoms with Crippen LogP contribution < -0.4 is 10.6 Å². The van der Waals surface area contributed by atoms with E-state index in [1.807, 2.05) is 25.1 Å². The van der Waals surface area contributed by atoms with Gasteiger partial charge in [0.05, 0.1) is 5.69 Å². The minimum absolute atomic E-state index is 0.222. The van der Waals surface area contributed by atoms with Crippen molar-refractivity contribution in [1.29, 1.82) is 0 Å². The molecule has 0 aliphatic rings. The van der Waals surface area contributed by atoms with Crippen LogP contribution in [0.2, 0.25) is 0 Å². The molecule has 2 amide bonds. The van der Waals surface area contributed by atoms with Gasteiger partial charge < -0.3 is 10.6 Å². The average Bonchev–Trinajstić information content (AvgIpc) is 2.49. The highest BCUT2D eigenvalue weighted by Gasteiger charge is 2.11. The standard InChI is InChI=1S/C16H16BrN3O2/c1-11-4-5-14(13(17)7-11)20-16(22)8-15(21)19-10-12-3-2-6-18-9-12/h2-7,9H,8,10H2,1H3,(H,19,21)(H,20,22). The molecule has 0 radical (unpaired) electrons. The summed E-state index contributed by atoms with van der Waals surface area (Å²) in [6.45, 7) is 2.32. The van der Waals surface area contributed by atoms with Gasteiger partial charge in [0, 0.05) is 23.4 Å². The summed E-state index contributed by atoms with van der Waals surface area (Å²) in [5, 5.41) is 5.40. The summed E-state index contributed by atoms with van der Waals surface area (Å²) >= 11 is 3.38. The molecule has 2 aromatic rings. The van der Waals surface area contributed by atoms with Gasteiger partial charge in [-0.05, 0) is 52.2 Å². The molecule has 0 atom stereocenters. The van der Waals surface area contributed by atoms with Gasteiger partial charge in [-0.15, -0.1) is 0 Å². The Morgan fingerprint density at radius 2 is 2.05 bits per heavy atom. The third-order valence-corrected chi connectivity index (χ3v) is 3.59. The first-order chi connectivity index (χ1) is 10.5. The minimum Gasteiger partial charge on any atom is -0.352 e. The van der Waals surface area contributed by atoms with E-state index in [0.717, 1.165) is 15.6 Å². The second kappa shape index (κ2) is 7.70. The van der Waals surface area contributed by atoms with Gasteiger partial charge in [-0.3, -0.25) is 14.6 Å². The fourth-order valence-electron chi connectivity index (χ4n) is 1.83. The molecular weight excluding hydrogens is 346 g/mol. The van der Waals surface area contributed by atoms with Crippen molar-refractivity contribution in [2.24, 2.45) is 0 Å². The van der Waals surface area contributed by atoms with Gasteiger partial charge >= 0.3 is 0 Å². The maximum absolute atomic E-state index is 11.9. The van der Waals surface area contributed by atoms with Gasteiger partial charge in [-0.2, -0.15) is 0 Å². The van der Waals surface area contributed by atoms with Crippen LogP contribution in [0.15, 0.2) is 47.2 Å². The lowest BCUT2D eigenvalue weighted by molar-refractivity contribution is -0.126. The summed E-state index contributed by atoms with van der Waals surface area (Å²) in [6.07, 6.45) is 3.11. The number of carbonyl (C=O) groups excluding carboxylic acids is 2. The summed E-state index contributed by atoms with van der Waals surface area (Å²) in [5.41, 5.74) is 2.62. The molecule has 0 spiro atoms. The van der Waals surface area contributed by atoms with Crippen molar-refractivity contribution in [1.82, 2.24) is 10.3 Å². The largest absolute Gasteiger partial charge is 0.352 e. The number of rotatable bonds is 5.